The van der Waals surface area contributed by atoms with Crippen molar-refractivity contribution < 1.29 is 9.53 Å². The first kappa shape index (κ1) is 15.8. The van der Waals surface area contributed by atoms with E-state index in [4.69, 9.17) is 22.7 Å². The van der Waals surface area contributed by atoms with Crippen LogP contribution in [0.4, 0.5) is 0 Å². The summed E-state index contributed by atoms with van der Waals surface area (Å²) < 4.78 is 5.54. The van der Waals surface area contributed by atoms with Crippen LogP contribution in [0.15, 0.2) is 24.3 Å². The Balaban J connectivity index is 1.85. The van der Waals surface area contributed by atoms with Crippen LogP contribution in [0.2, 0.25) is 0 Å². The number of benzene rings is 1. The van der Waals surface area contributed by atoms with E-state index < -0.39 is 0 Å². The molecule has 1 aromatic carbocycles. The molecule has 114 valence electrons. The van der Waals surface area contributed by atoms with Gasteiger partial charge in [0.15, 0.2) is 6.61 Å². The molecule has 1 amide bonds. The number of amides is 1. The zero-order valence-electron chi connectivity index (χ0n) is 12.5. The third kappa shape index (κ3) is 4.17. The van der Waals surface area contributed by atoms with Gasteiger partial charge in [-0.1, -0.05) is 26.1 Å². The second kappa shape index (κ2) is 6.89. The molecule has 0 spiro atoms. The molecular formula is C16H22N2O2S. The van der Waals surface area contributed by atoms with E-state index >= 15 is 0 Å². The Kier molecular flexibility index (Phi) is 5.17. The Morgan fingerprint density at radius 3 is 2.57 bits per heavy atom. The maximum Gasteiger partial charge on any atom is 0.260 e. The van der Waals surface area contributed by atoms with Gasteiger partial charge < -0.3 is 15.4 Å². The number of likely N-dealkylation sites (tertiary alicyclic amines) is 1. The van der Waals surface area contributed by atoms with Crippen LogP contribution in [-0.2, 0) is 4.79 Å². The van der Waals surface area contributed by atoms with E-state index in [1.165, 1.54) is 0 Å². The highest BCUT2D eigenvalue weighted by atomic mass is 32.1. The molecule has 0 aliphatic carbocycles. The molecule has 2 rings (SSSR count). The van der Waals surface area contributed by atoms with Crippen LogP contribution in [0.1, 0.15) is 25.8 Å². The first-order valence-corrected chi connectivity index (χ1v) is 7.68. The van der Waals surface area contributed by atoms with Gasteiger partial charge in [0.25, 0.3) is 5.91 Å². The Morgan fingerprint density at radius 1 is 1.33 bits per heavy atom. The number of nitrogens with zero attached hydrogens (tertiary/aromatic N) is 1. The predicted octanol–water partition coefficient (Wildman–Crippen LogP) is 2.20. The van der Waals surface area contributed by atoms with E-state index in [1.54, 1.807) is 24.3 Å². The highest BCUT2D eigenvalue weighted by molar-refractivity contribution is 7.80. The molecule has 0 radical (unpaired) electrons. The zero-order chi connectivity index (χ0) is 15.4. The van der Waals surface area contributed by atoms with E-state index in [1.807, 2.05) is 4.90 Å². The topological polar surface area (TPSA) is 55.6 Å². The molecule has 0 bridgehead atoms. The summed E-state index contributed by atoms with van der Waals surface area (Å²) in [6, 6.07) is 7.16. The van der Waals surface area contributed by atoms with Crippen molar-refractivity contribution in [3.8, 4) is 5.75 Å². The summed E-state index contributed by atoms with van der Waals surface area (Å²) >= 11 is 4.89. The van der Waals surface area contributed by atoms with Crippen molar-refractivity contribution in [1.29, 1.82) is 0 Å². The van der Waals surface area contributed by atoms with Crippen molar-refractivity contribution in [3.63, 3.8) is 0 Å². The van der Waals surface area contributed by atoms with Crippen LogP contribution < -0.4 is 10.5 Å². The molecule has 1 aromatic rings. The zero-order valence-corrected chi connectivity index (χ0v) is 13.4. The van der Waals surface area contributed by atoms with Crippen molar-refractivity contribution in [2.24, 2.45) is 17.6 Å². The Bertz CT molecular complexity index is 516. The third-order valence-corrected chi connectivity index (χ3v) is 4.42. The lowest BCUT2D eigenvalue weighted by molar-refractivity contribution is -0.135. The van der Waals surface area contributed by atoms with Crippen LogP contribution in [0, 0.1) is 11.8 Å². The van der Waals surface area contributed by atoms with Gasteiger partial charge in [-0.3, -0.25) is 4.79 Å². The van der Waals surface area contributed by atoms with Gasteiger partial charge in [-0.2, -0.15) is 0 Å². The number of thiocarbonyl (C=S) groups is 1. The summed E-state index contributed by atoms with van der Waals surface area (Å²) in [6.07, 6.45) is 1.07. The summed E-state index contributed by atoms with van der Waals surface area (Å²) in [5.74, 6) is 1.93. The molecular weight excluding hydrogens is 284 g/mol. The van der Waals surface area contributed by atoms with Gasteiger partial charge in [-0.05, 0) is 42.5 Å². The lowest BCUT2D eigenvalue weighted by Crippen LogP contribution is -2.44. The van der Waals surface area contributed by atoms with Crippen molar-refractivity contribution in [2.75, 3.05) is 19.7 Å². The molecule has 1 aliphatic heterocycles. The monoisotopic (exact) mass is 306 g/mol. The molecule has 2 atom stereocenters. The van der Waals surface area contributed by atoms with Crippen molar-refractivity contribution in [1.82, 2.24) is 4.90 Å². The lowest BCUT2D eigenvalue weighted by Gasteiger charge is -2.35. The van der Waals surface area contributed by atoms with Gasteiger partial charge in [0.05, 0.1) is 0 Å². The summed E-state index contributed by atoms with van der Waals surface area (Å²) in [4.78, 5) is 14.4. The minimum Gasteiger partial charge on any atom is -0.484 e. The fourth-order valence-electron chi connectivity index (χ4n) is 2.44. The molecule has 2 unspecified atom stereocenters. The maximum absolute atomic E-state index is 12.2. The summed E-state index contributed by atoms with van der Waals surface area (Å²) in [7, 11) is 0. The van der Waals surface area contributed by atoms with Crippen LogP contribution >= 0.6 is 12.2 Å². The lowest BCUT2D eigenvalue weighted by atomic mass is 9.89. The quantitative estimate of drug-likeness (QED) is 0.867. The molecule has 21 heavy (non-hydrogen) atoms. The second-order valence-electron chi connectivity index (χ2n) is 5.76. The third-order valence-electron chi connectivity index (χ3n) is 4.19. The van der Waals surface area contributed by atoms with Crippen LogP contribution in [0.3, 0.4) is 0 Å². The molecule has 5 heteroatoms. The van der Waals surface area contributed by atoms with Gasteiger partial charge >= 0.3 is 0 Å². The average Bonchev–Trinajstić information content (AvgIpc) is 2.48. The van der Waals surface area contributed by atoms with Gasteiger partial charge in [-0.15, -0.1) is 0 Å². The number of rotatable bonds is 4. The molecule has 2 N–H and O–H groups in total. The number of carbonyl (C=O) groups is 1. The largest absolute Gasteiger partial charge is 0.484 e. The van der Waals surface area contributed by atoms with Crippen LogP contribution in [0.25, 0.3) is 0 Å². The number of ether oxygens (including phenoxy) is 1. The Hall–Kier alpha value is -1.62. The molecule has 1 saturated heterocycles. The van der Waals surface area contributed by atoms with Gasteiger partial charge in [0.2, 0.25) is 0 Å². The summed E-state index contributed by atoms with van der Waals surface area (Å²) in [5, 5.41) is 0. The fourth-order valence-corrected chi connectivity index (χ4v) is 2.58. The van der Waals surface area contributed by atoms with E-state index in [0.717, 1.165) is 25.1 Å². The van der Waals surface area contributed by atoms with Crippen LogP contribution in [-0.4, -0.2) is 35.5 Å². The standard InChI is InChI=1S/C16H22N2O2S/c1-11-7-8-18(9-12(11)2)15(19)10-20-14-5-3-13(4-6-14)16(17)21/h3-6,11-12H,7-10H2,1-2H3,(H2,17,21). The highest BCUT2D eigenvalue weighted by Crippen LogP contribution is 2.22. The van der Waals surface area contributed by atoms with Crippen LogP contribution in [0.5, 0.6) is 5.75 Å². The van der Waals surface area contributed by atoms with E-state index in [0.29, 0.717) is 22.6 Å². The molecule has 1 aliphatic rings. The highest BCUT2D eigenvalue weighted by Gasteiger charge is 2.25. The van der Waals surface area contributed by atoms with E-state index in [2.05, 4.69) is 13.8 Å². The van der Waals surface area contributed by atoms with Gasteiger partial charge in [0.1, 0.15) is 10.7 Å². The van der Waals surface area contributed by atoms with E-state index in [9.17, 15) is 4.79 Å². The molecule has 4 nitrogen and oxygen atoms in total. The van der Waals surface area contributed by atoms with Crippen molar-refractivity contribution in [2.45, 2.75) is 20.3 Å². The average molecular weight is 306 g/mol. The number of hydrogen-bond donors (Lipinski definition) is 1. The minimum absolute atomic E-state index is 0.0483. The minimum atomic E-state index is 0.0483. The first-order valence-electron chi connectivity index (χ1n) is 7.28. The molecule has 0 saturated carbocycles. The number of nitrogens with two attached hydrogens (primary N) is 1. The number of hydrogen-bond acceptors (Lipinski definition) is 3. The predicted molar refractivity (Wildman–Crippen MR) is 87.3 cm³/mol. The SMILES string of the molecule is CC1CCN(C(=O)COc2ccc(C(N)=S)cc2)CC1C. The fraction of sp³-hybridized carbons (Fsp3) is 0.500. The van der Waals surface area contributed by atoms with Gasteiger partial charge in [0, 0.05) is 18.7 Å². The normalized spacial score (nSPS) is 21.9. The smallest absolute Gasteiger partial charge is 0.260 e. The second-order valence-corrected chi connectivity index (χ2v) is 6.20. The molecule has 0 aromatic heterocycles. The van der Waals surface area contributed by atoms with Crippen molar-refractivity contribution in [3.05, 3.63) is 29.8 Å². The number of piperidine rings is 1. The molecule has 1 heterocycles. The van der Waals surface area contributed by atoms with Crippen molar-refractivity contribution >= 4 is 23.1 Å². The maximum atomic E-state index is 12.2. The Labute approximate surface area is 131 Å². The Morgan fingerprint density at radius 2 is 2.00 bits per heavy atom. The van der Waals surface area contributed by atoms with Gasteiger partial charge in [-0.25, -0.2) is 0 Å². The summed E-state index contributed by atoms with van der Waals surface area (Å²) in [5.41, 5.74) is 6.33. The first-order chi connectivity index (χ1) is 9.97. The van der Waals surface area contributed by atoms with E-state index in [-0.39, 0.29) is 12.5 Å². The molecule has 1 fully saturated rings. The summed E-state index contributed by atoms with van der Waals surface area (Å²) in [6.45, 7) is 6.16. The number of carbonyl (C=O) groups excluding carboxylic acids is 1.